The van der Waals surface area contributed by atoms with E-state index in [2.05, 4.69) is 9.97 Å². The molecule has 0 atom stereocenters. The second-order valence-electron chi connectivity index (χ2n) is 3.75. The van der Waals surface area contributed by atoms with E-state index in [1.54, 1.807) is 0 Å². The van der Waals surface area contributed by atoms with Crippen LogP contribution in [-0.4, -0.2) is 9.97 Å². The summed E-state index contributed by atoms with van der Waals surface area (Å²) in [5, 5.41) is 0.272. The van der Waals surface area contributed by atoms with Gasteiger partial charge < -0.3 is 10.2 Å². The number of nitrogen functional groups attached to an aromatic ring is 1. The number of benzene rings is 1. The summed E-state index contributed by atoms with van der Waals surface area (Å²) in [7, 11) is 0. The fourth-order valence-electron chi connectivity index (χ4n) is 1.75. The van der Waals surface area contributed by atoms with Crippen LogP contribution in [0.2, 0.25) is 0 Å². The summed E-state index contributed by atoms with van der Waals surface area (Å²) in [5.41, 5.74) is 5.56. The number of anilines is 1. The fourth-order valence-corrected chi connectivity index (χ4v) is 1.75. The highest BCUT2D eigenvalue weighted by molar-refractivity contribution is 6.02. The number of nitrogens with zero attached hydrogens (tertiary/aromatic N) is 2. The average molecular weight is 253 g/mol. The Morgan fingerprint density at radius 3 is 2.67 bits per heavy atom. The van der Waals surface area contributed by atoms with Crippen LogP contribution in [0.15, 0.2) is 28.8 Å². The molecule has 4 nitrogen and oxygen atoms in total. The Morgan fingerprint density at radius 1 is 1.17 bits per heavy atom. The van der Waals surface area contributed by atoms with Crippen LogP contribution >= 0.6 is 0 Å². The lowest BCUT2D eigenvalue weighted by Crippen LogP contribution is -2.03. The maximum atomic E-state index is 12.6. The van der Waals surface area contributed by atoms with Gasteiger partial charge in [-0.25, -0.2) is 9.97 Å². The molecule has 0 aliphatic rings. The van der Waals surface area contributed by atoms with Crippen LogP contribution in [0, 0.1) is 0 Å². The van der Waals surface area contributed by atoms with E-state index < -0.39 is 11.7 Å². The maximum Gasteiger partial charge on any atom is 0.416 e. The smallest absolute Gasteiger partial charge is 0.416 e. The number of fused-ring (bicyclic) bond motifs is 3. The zero-order chi connectivity index (χ0) is 12.9. The molecule has 0 radical (unpaired) electrons. The molecule has 2 heterocycles. The Labute approximate surface area is 98.2 Å². The van der Waals surface area contributed by atoms with Crippen LogP contribution in [0.1, 0.15) is 5.56 Å². The lowest BCUT2D eigenvalue weighted by Gasteiger charge is -2.05. The standard InChI is InChI=1S/C11H6F3N3O/c12-11(13,14)5-1-2-7-6(3-5)9-8(18-7)4-16-10(15)17-9/h1-4H,(H2,15,16,17). The molecule has 0 saturated heterocycles. The number of hydrogen-bond acceptors (Lipinski definition) is 4. The second-order valence-corrected chi connectivity index (χ2v) is 3.75. The van der Waals surface area contributed by atoms with Crippen LogP contribution < -0.4 is 5.73 Å². The summed E-state index contributed by atoms with van der Waals surface area (Å²) in [5.74, 6) is -0.0115. The van der Waals surface area contributed by atoms with E-state index in [0.717, 1.165) is 12.1 Å². The van der Waals surface area contributed by atoms with Crippen molar-refractivity contribution in [3.05, 3.63) is 30.0 Å². The number of furan rings is 1. The van der Waals surface area contributed by atoms with Gasteiger partial charge in [0, 0.05) is 5.39 Å². The number of hydrogen-bond donors (Lipinski definition) is 1. The first kappa shape index (κ1) is 10.8. The highest BCUT2D eigenvalue weighted by Crippen LogP contribution is 2.34. The number of rotatable bonds is 0. The van der Waals surface area contributed by atoms with Crippen molar-refractivity contribution < 1.29 is 17.6 Å². The molecular formula is C11H6F3N3O. The van der Waals surface area contributed by atoms with Gasteiger partial charge in [-0.1, -0.05) is 0 Å². The summed E-state index contributed by atoms with van der Waals surface area (Å²) < 4.78 is 43.2. The molecule has 92 valence electrons. The third-order valence-electron chi connectivity index (χ3n) is 2.56. The number of halogens is 3. The van der Waals surface area contributed by atoms with E-state index in [-0.39, 0.29) is 16.9 Å². The van der Waals surface area contributed by atoms with Gasteiger partial charge in [0.2, 0.25) is 5.95 Å². The molecule has 0 amide bonds. The summed E-state index contributed by atoms with van der Waals surface area (Å²) in [6, 6.07) is 3.21. The van der Waals surface area contributed by atoms with Crippen molar-refractivity contribution in [2.45, 2.75) is 6.18 Å². The van der Waals surface area contributed by atoms with Gasteiger partial charge in [-0.05, 0) is 18.2 Å². The van der Waals surface area contributed by atoms with E-state index in [4.69, 9.17) is 10.2 Å². The largest absolute Gasteiger partial charge is 0.453 e. The lowest BCUT2D eigenvalue weighted by molar-refractivity contribution is -0.137. The van der Waals surface area contributed by atoms with E-state index in [1.165, 1.54) is 12.3 Å². The van der Waals surface area contributed by atoms with E-state index >= 15 is 0 Å². The van der Waals surface area contributed by atoms with Crippen molar-refractivity contribution in [2.75, 3.05) is 5.73 Å². The molecule has 1 aromatic carbocycles. The third kappa shape index (κ3) is 1.55. The molecule has 0 aliphatic heterocycles. The minimum Gasteiger partial charge on any atom is -0.453 e. The number of aromatic nitrogens is 2. The van der Waals surface area contributed by atoms with Gasteiger partial charge in [-0.2, -0.15) is 13.2 Å². The van der Waals surface area contributed by atoms with Gasteiger partial charge in [0.25, 0.3) is 0 Å². The summed E-state index contributed by atoms with van der Waals surface area (Å²) in [4.78, 5) is 7.62. The molecule has 3 aromatic rings. The topological polar surface area (TPSA) is 64.9 Å². The molecule has 0 fully saturated rings. The fraction of sp³-hybridized carbons (Fsp3) is 0.0909. The molecule has 2 N–H and O–H groups in total. The highest BCUT2D eigenvalue weighted by atomic mass is 19.4. The normalized spacial score (nSPS) is 12.4. The summed E-state index contributed by atoms with van der Waals surface area (Å²) in [6.45, 7) is 0. The first-order valence-corrected chi connectivity index (χ1v) is 4.97. The van der Waals surface area contributed by atoms with Gasteiger partial charge >= 0.3 is 6.18 Å². The van der Waals surface area contributed by atoms with Crippen molar-refractivity contribution in [1.29, 1.82) is 0 Å². The Kier molecular flexibility index (Phi) is 2.01. The predicted octanol–water partition coefficient (Wildman–Crippen LogP) is 2.98. The first-order valence-electron chi connectivity index (χ1n) is 4.97. The van der Waals surface area contributed by atoms with Gasteiger partial charge in [-0.3, -0.25) is 0 Å². The van der Waals surface area contributed by atoms with E-state index in [0.29, 0.717) is 11.2 Å². The Morgan fingerprint density at radius 2 is 1.94 bits per heavy atom. The van der Waals surface area contributed by atoms with Crippen LogP contribution in [0.5, 0.6) is 0 Å². The molecule has 18 heavy (non-hydrogen) atoms. The quantitative estimate of drug-likeness (QED) is 0.668. The molecule has 0 spiro atoms. The SMILES string of the molecule is Nc1ncc2oc3ccc(C(F)(F)F)cc3c2n1. The average Bonchev–Trinajstić information content (AvgIpc) is 2.65. The minimum atomic E-state index is -4.41. The van der Waals surface area contributed by atoms with Crippen molar-refractivity contribution >= 4 is 28.0 Å². The van der Waals surface area contributed by atoms with Gasteiger partial charge in [-0.15, -0.1) is 0 Å². The van der Waals surface area contributed by atoms with Crippen molar-refractivity contribution in [1.82, 2.24) is 9.97 Å². The minimum absolute atomic E-state index is 0.0115. The van der Waals surface area contributed by atoms with Crippen LogP contribution in [-0.2, 0) is 6.18 Å². The number of alkyl halides is 3. The van der Waals surface area contributed by atoms with Crippen LogP contribution in [0.25, 0.3) is 22.1 Å². The van der Waals surface area contributed by atoms with Gasteiger partial charge in [0.15, 0.2) is 5.58 Å². The van der Waals surface area contributed by atoms with Gasteiger partial charge in [0.1, 0.15) is 11.1 Å². The van der Waals surface area contributed by atoms with Crippen molar-refractivity contribution in [3.8, 4) is 0 Å². The predicted molar refractivity (Wildman–Crippen MR) is 58.7 cm³/mol. The van der Waals surface area contributed by atoms with Crippen LogP contribution in [0.4, 0.5) is 19.1 Å². The molecule has 0 unspecified atom stereocenters. The Bertz CT molecular complexity index is 748. The molecule has 3 rings (SSSR count). The third-order valence-corrected chi connectivity index (χ3v) is 2.56. The zero-order valence-electron chi connectivity index (χ0n) is 8.82. The molecule has 0 aliphatic carbocycles. The highest BCUT2D eigenvalue weighted by Gasteiger charge is 2.31. The van der Waals surface area contributed by atoms with Gasteiger partial charge in [0.05, 0.1) is 11.8 Å². The summed E-state index contributed by atoms with van der Waals surface area (Å²) in [6.07, 6.45) is -3.07. The molecule has 0 bridgehead atoms. The maximum absolute atomic E-state index is 12.6. The Balaban J connectivity index is 2.38. The lowest BCUT2D eigenvalue weighted by atomic mass is 10.1. The first-order chi connectivity index (χ1) is 8.45. The molecule has 2 aromatic heterocycles. The molecular weight excluding hydrogens is 247 g/mol. The van der Waals surface area contributed by atoms with Crippen molar-refractivity contribution in [3.63, 3.8) is 0 Å². The molecule has 0 saturated carbocycles. The number of nitrogens with two attached hydrogens (primary N) is 1. The monoisotopic (exact) mass is 253 g/mol. The Hall–Kier alpha value is -2.31. The van der Waals surface area contributed by atoms with E-state index in [9.17, 15) is 13.2 Å². The van der Waals surface area contributed by atoms with E-state index in [1.807, 2.05) is 0 Å². The van der Waals surface area contributed by atoms with Crippen LogP contribution in [0.3, 0.4) is 0 Å². The zero-order valence-corrected chi connectivity index (χ0v) is 8.82. The second kappa shape index (κ2) is 3.34. The molecule has 7 heteroatoms. The summed E-state index contributed by atoms with van der Waals surface area (Å²) >= 11 is 0. The van der Waals surface area contributed by atoms with Crippen molar-refractivity contribution in [2.24, 2.45) is 0 Å².